The van der Waals surface area contributed by atoms with Crippen LogP contribution in [0.4, 0.5) is 17.5 Å². The summed E-state index contributed by atoms with van der Waals surface area (Å²) in [5.74, 6) is 2.36. The van der Waals surface area contributed by atoms with E-state index < -0.39 is 0 Å². The number of methoxy groups -OCH3 is 1. The van der Waals surface area contributed by atoms with E-state index in [1.54, 1.807) is 7.11 Å². The van der Waals surface area contributed by atoms with Crippen molar-refractivity contribution in [2.24, 2.45) is 0 Å². The molecular formula is C17H24N4O. The summed E-state index contributed by atoms with van der Waals surface area (Å²) in [6.45, 7) is 5.12. The van der Waals surface area contributed by atoms with Gasteiger partial charge < -0.3 is 15.0 Å². The molecule has 1 heterocycles. The van der Waals surface area contributed by atoms with Crippen LogP contribution < -0.4 is 15.0 Å². The molecule has 0 radical (unpaired) electrons. The Kier molecular flexibility index (Phi) is 5.58. The van der Waals surface area contributed by atoms with Gasteiger partial charge in [0.25, 0.3) is 0 Å². The zero-order valence-corrected chi connectivity index (χ0v) is 13.8. The first-order valence-corrected chi connectivity index (χ1v) is 7.60. The van der Waals surface area contributed by atoms with Crippen LogP contribution in [0, 0.1) is 6.92 Å². The van der Waals surface area contributed by atoms with Crippen molar-refractivity contribution < 1.29 is 4.74 Å². The van der Waals surface area contributed by atoms with Crippen molar-refractivity contribution >= 4 is 17.5 Å². The van der Waals surface area contributed by atoms with E-state index in [9.17, 15) is 0 Å². The van der Waals surface area contributed by atoms with Gasteiger partial charge in [0.15, 0.2) is 0 Å². The van der Waals surface area contributed by atoms with Crippen molar-refractivity contribution in [3.63, 3.8) is 0 Å². The summed E-state index contributed by atoms with van der Waals surface area (Å²) in [5.41, 5.74) is 1.89. The molecule has 1 N–H and O–H groups in total. The molecule has 0 bridgehead atoms. The molecule has 0 aliphatic rings. The van der Waals surface area contributed by atoms with Crippen molar-refractivity contribution in [1.29, 1.82) is 0 Å². The summed E-state index contributed by atoms with van der Waals surface area (Å²) in [7, 11) is 3.69. The molecule has 118 valence electrons. The van der Waals surface area contributed by atoms with Crippen LogP contribution in [0.5, 0.6) is 5.75 Å². The second-order valence-corrected chi connectivity index (χ2v) is 5.33. The van der Waals surface area contributed by atoms with Gasteiger partial charge in [-0.15, -0.1) is 0 Å². The Morgan fingerprint density at radius 3 is 2.77 bits per heavy atom. The van der Waals surface area contributed by atoms with Crippen molar-refractivity contribution in [2.75, 3.05) is 30.9 Å². The van der Waals surface area contributed by atoms with E-state index in [0.29, 0.717) is 0 Å². The lowest BCUT2D eigenvalue weighted by molar-refractivity contribution is 0.415. The molecule has 22 heavy (non-hydrogen) atoms. The Balaban J connectivity index is 2.18. The van der Waals surface area contributed by atoms with Gasteiger partial charge in [0.05, 0.1) is 7.11 Å². The summed E-state index contributed by atoms with van der Waals surface area (Å²) in [5, 5.41) is 3.31. The van der Waals surface area contributed by atoms with Crippen LogP contribution in [-0.2, 0) is 0 Å². The first-order chi connectivity index (χ1) is 10.6. The lowest BCUT2D eigenvalue weighted by Crippen LogP contribution is -2.21. The summed E-state index contributed by atoms with van der Waals surface area (Å²) >= 11 is 0. The van der Waals surface area contributed by atoms with Gasteiger partial charge in [-0.1, -0.05) is 19.4 Å². The molecule has 0 fully saturated rings. The van der Waals surface area contributed by atoms with Gasteiger partial charge >= 0.3 is 0 Å². The zero-order valence-electron chi connectivity index (χ0n) is 13.8. The summed E-state index contributed by atoms with van der Waals surface area (Å²) in [4.78, 5) is 11.2. The third kappa shape index (κ3) is 4.35. The number of rotatable bonds is 7. The maximum absolute atomic E-state index is 5.24. The Bertz CT molecular complexity index is 615. The number of ether oxygens (including phenoxy) is 1. The highest BCUT2D eigenvalue weighted by atomic mass is 16.5. The minimum Gasteiger partial charge on any atom is -0.497 e. The number of hydrogen-bond donors (Lipinski definition) is 1. The fraction of sp³-hybridized carbons (Fsp3) is 0.412. The lowest BCUT2D eigenvalue weighted by atomic mass is 10.3. The molecule has 5 heteroatoms. The quantitative estimate of drug-likeness (QED) is 0.843. The molecule has 0 saturated heterocycles. The van der Waals surface area contributed by atoms with Gasteiger partial charge in [0, 0.05) is 37.1 Å². The van der Waals surface area contributed by atoms with Gasteiger partial charge in [0.1, 0.15) is 11.6 Å². The van der Waals surface area contributed by atoms with Crippen LogP contribution in [0.15, 0.2) is 30.3 Å². The van der Waals surface area contributed by atoms with Gasteiger partial charge in [-0.2, -0.15) is 4.98 Å². The number of benzene rings is 1. The lowest BCUT2D eigenvalue weighted by Gasteiger charge is -2.18. The Labute approximate surface area is 132 Å². The molecule has 0 spiro atoms. The van der Waals surface area contributed by atoms with E-state index >= 15 is 0 Å². The zero-order chi connectivity index (χ0) is 15.9. The fourth-order valence-corrected chi connectivity index (χ4v) is 2.13. The van der Waals surface area contributed by atoms with Crippen LogP contribution in [0.1, 0.15) is 25.5 Å². The number of hydrogen-bond acceptors (Lipinski definition) is 5. The van der Waals surface area contributed by atoms with E-state index in [1.807, 2.05) is 44.3 Å². The van der Waals surface area contributed by atoms with Crippen LogP contribution in [0.2, 0.25) is 0 Å². The molecule has 0 atom stereocenters. The van der Waals surface area contributed by atoms with E-state index in [2.05, 4.69) is 27.1 Å². The average molecular weight is 300 g/mol. The predicted octanol–water partition coefficient (Wildman–Crippen LogP) is 3.77. The third-order valence-corrected chi connectivity index (χ3v) is 3.37. The smallest absolute Gasteiger partial charge is 0.227 e. The molecule has 0 aliphatic carbocycles. The molecule has 2 rings (SSSR count). The van der Waals surface area contributed by atoms with Crippen molar-refractivity contribution in [3.05, 3.63) is 36.0 Å². The highest BCUT2D eigenvalue weighted by molar-refractivity contribution is 5.59. The maximum atomic E-state index is 5.24. The normalized spacial score (nSPS) is 10.4. The Morgan fingerprint density at radius 2 is 2.05 bits per heavy atom. The number of aromatic nitrogens is 2. The minimum atomic E-state index is 0.749. The Hall–Kier alpha value is -2.30. The number of anilines is 3. The van der Waals surface area contributed by atoms with E-state index in [4.69, 9.17) is 4.74 Å². The molecule has 1 aromatic heterocycles. The SMILES string of the molecule is CCCCN(C)c1nc(C)cc(Nc2cccc(OC)c2)n1. The molecule has 2 aromatic rings. The van der Waals surface area contributed by atoms with Gasteiger partial charge in [0.2, 0.25) is 5.95 Å². The molecule has 0 saturated carbocycles. The van der Waals surface area contributed by atoms with Gasteiger partial charge in [-0.3, -0.25) is 0 Å². The highest BCUT2D eigenvalue weighted by Crippen LogP contribution is 2.21. The molecular weight excluding hydrogens is 276 g/mol. The van der Waals surface area contributed by atoms with Crippen LogP contribution >= 0.6 is 0 Å². The Morgan fingerprint density at radius 1 is 1.23 bits per heavy atom. The van der Waals surface area contributed by atoms with Gasteiger partial charge in [-0.25, -0.2) is 4.98 Å². The summed E-state index contributed by atoms with van der Waals surface area (Å²) in [6, 6.07) is 9.73. The maximum Gasteiger partial charge on any atom is 0.227 e. The number of nitrogens with zero attached hydrogens (tertiary/aromatic N) is 3. The fourth-order valence-electron chi connectivity index (χ4n) is 2.13. The van der Waals surface area contributed by atoms with E-state index in [0.717, 1.165) is 48.3 Å². The van der Waals surface area contributed by atoms with Crippen LogP contribution in [-0.4, -0.2) is 30.7 Å². The monoisotopic (exact) mass is 300 g/mol. The number of unbranched alkanes of at least 4 members (excludes halogenated alkanes) is 1. The van der Waals surface area contributed by atoms with Crippen molar-refractivity contribution in [3.8, 4) is 5.75 Å². The molecule has 5 nitrogen and oxygen atoms in total. The summed E-state index contributed by atoms with van der Waals surface area (Å²) in [6.07, 6.45) is 2.29. The largest absolute Gasteiger partial charge is 0.497 e. The number of aryl methyl sites for hydroxylation is 1. The third-order valence-electron chi connectivity index (χ3n) is 3.37. The van der Waals surface area contributed by atoms with Crippen LogP contribution in [0.3, 0.4) is 0 Å². The second kappa shape index (κ2) is 7.64. The van der Waals surface area contributed by atoms with E-state index in [-0.39, 0.29) is 0 Å². The van der Waals surface area contributed by atoms with Crippen molar-refractivity contribution in [2.45, 2.75) is 26.7 Å². The highest BCUT2D eigenvalue weighted by Gasteiger charge is 2.07. The van der Waals surface area contributed by atoms with E-state index in [1.165, 1.54) is 0 Å². The molecule has 1 aromatic carbocycles. The average Bonchev–Trinajstić information content (AvgIpc) is 2.52. The second-order valence-electron chi connectivity index (χ2n) is 5.33. The molecule has 0 unspecified atom stereocenters. The first kappa shape index (κ1) is 16.1. The predicted molar refractivity (Wildman–Crippen MR) is 91.2 cm³/mol. The standard InChI is InChI=1S/C17H24N4O/c1-5-6-10-21(3)17-18-13(2)11-16(20-17)19-14-8-7-9-15(12-14)22-4/h7-9,11-12H,5-6,10H2,1-4H3,(H,18,19,20). The first-order valence-electron chi connectivity index (χ1n) is 7.60. The minimum absolute atomic E-state index is 0.749. The summed E-state index contributed by atoms with van der Waals surface area (Å²) < 4.78 is 5.24. The van der Waals surface area contributed by atoms with Crippen LogP contribution in [0.25, 0.3) is 0 Å². The topological polar surface area (TPSA) is 50.3 Å². The molecule has 0 aliphatic heterocycles. The van der Waals surface area contributed by atoms with Gasteiger partial charge in [-0.05, 0) is 25.5 Å². The number of nitrogens with one attached hydrogen (secondary N) is 1. The molecule has 0 amide bonds. The van der Waals surface area contributed by atoms with Crippen molar-refractivity contribution in [1.82, 2.24) is 9.97 Å².